The Hall–Kier alpha value is -1.08. The van der Waals surface area contributed by atoms with E-state index in [0.29, 0.717) is 0 Å². The maximum atomic E-state index is 12.2. The number of halogens is 2. The molecule has 1 aromatic carbocycles. The Morgan fingerprint density at radius 1 is 1.47 bits per heavy atom. The fourth-order valence-electron chi connectivity index (χ4n) is 1.38. The lowest BCUT2D eigenvalue weighted by molar-refractivity contribution is 0.0697. The number of hydrogen-bond acceptors (Lipinski definition) is 3. The average Bonchev–Trinajstić information content (AvgIpc) is 2.28. The van der Waals surface area contributed by atoms with Crippen molar-refractivity contribution in [3.05, 3.63) is 40.4 Å². The average molecular weight is 324 g/mol. The minimum absolute atomic E-state index is 0.0731. The van der Waals surface area contributed by atoms with Crippen LogP contribution in [-0.4, -0.2) is 37.4 Å². The molecule has 0 saturated carbocycles. The van der Waals surface area contributed by atoms with Gasteiger partial charge < -0.3 is 5.11 Å². The lowest BCUT2D eigenvalue weighted by Crippen LogP contribution is -2.27. The highest BCUT2D eigenvalue weighted by Crippen LogP contribution is 2.32. The van der Waals surface area contributed by atoms with Crippen LogP contribution in [0.4, 0.5) is 0 Å². The van der Waals surface area contributed by atoms with Crippen LogP contribution in [0.25, 0.3) is 0 Å². The smallest absolute Gasteiger partial charge is 0.338 e. The molecule has 0 aliphatic heterocycles. The van der Waals surface area contributed by atoms with E-state index in [2.05, 4.69) is 6.58 Å². The molecule has 19 heavy (non-hydrogen) atoms. The molecule has 0 atom stereocenters. The number of benzene rings is 1. The van der Waals surface area contributed by atoms with Crippen LogP contribution < -0.4 is 0 Å². The molecule has 0 saturated heterocycles. The van der Waals surface area contributed by atoms with Crippen molar-refractivity contribution >= 4 is 39.2 Å². The highest BCUT2D eigenvalue weighted by atomic mass is 35.5. The van der Waals surface area contributed by atoms with Gasteiger partial charge in [-0.2, -0.15) is 4.31 Å². The molecule has 104 valence electrons. The third-order valence-corrected chi connectivity index (χ3v) is 5.03. The molecule has 1 N–H and O–H groups in total. The van der Waals surface area contributed by atoms with Gasteiger partial charge in [0.15, 0.2) is 0 Å². The van der Waals surface area contributed by atoms with Crippen molar-refractivity contribution in [1.82, 2.24) is 4.31 Å². The van der Waals surface area contributed by atoms with Crippen molar-refractivity contribution in [2.24, 2.45) is 0 Å². The van der Waals surface area contributed by atoms with Gasteiger partial charge in [-0.3, -0.25) is 0 Å². The zero-order valence-electron chi connectivity index (χ0n) is 9.93. The topological polar surface area (TPSA) is 74.7 Å². The van der Waals surface area contributed by atoms with E-state index < -0.39 is 26.6 Å². The summed E-state index contributed by atoms with van der Waals surface area (Å²) in [6.07, 6.45) is 1.40. The molecule has 0 radical (unpaired) electrons. The lowest BCUT2D eigenvalue weighted by atomic mass is 10.2. The quantitative estimate of drug-likeness (QED) is 0.845. The first kappa shape index (κ1) is 16.0. The van der Waals surface area contributed by atoms with Crippen molar-refractivity contribution < 1.29 is 18.3 Å². The number of sulfonamides is 1. The van der Waals surface area contributed by atoms with Gasteiger partial charge in [0.25, 0.3) is 0 Å². The van der Waals surface area contributed by atoms with E-state index in [-0.39, 0.29) is 16.5 Å². The summed E-state index contributed by atoms with van der Waals surface area (Å²) in [5.74, 6) is -1.39. The SMILES string of the molecule is C=CCN(C)S(=O)(=O)c1ccc(Cl)c(C(=O)O)c1Cl. The van der Waals surface area contributed by atoms with E-state index in [1.807, 2.05) is 0 Å². The van der Waals surface area contributed by atoms with E-state index in [1.54, 1.807) is 0 Å². The second kappa shape index (κ2) is 5.92. The number of carboxylic acids is 1. The molecule has 0 heterocycles. The molecule has 0 aliphatic rings. The maximum absolute atomic E-state index is 12.2. The normalized spacial score (nSPS) is 11.6. The number of aromatic carboxylic acids is 1. The Balaban J connectivity index is 3.49. The maximum Gasteiger partial charge on any atom is 0.338 e. The Morgan fingerprint density at radius 3 is 2.53 bits per heavy atom. The van der Waals surface area contributed by atoms with Gasteiger partial charge in [0.05, 0.1) is 15.6 Å². The summed E-state index contributed by atoms with van der Waals surface area (Å²) in [6.45, 7) is 3.51. The molecular weight excluding hydrogens is 313 g/mol. The van der Waals surface area contributed by atoms with Gasteiger partial charge in [-0.05, 0) is 12.1 Å². The summed E-state index contributed by atoms with van der Waals surface area (Å²) in [6, 6.07) is 2.36. The molecule has 0 aromatic heterocycles. The van der Waals surface area contributed by atoms with Crippen LogP contribution in [-0.2, 0) is 10.0 Å². The molecule has 1 rings (SSSR count). The highest BCUT2D eigenvalue weighted by Gasteiger charge is 2.27. The first-order valence-electron chi connectivity index (χ1n) is 5.02. The second-order valence-electron chi connectivity index (χ2n) is 3.61. The van der Waals surface area contributed by atoms with Gasteiger partial charge in [-0.15, -0.1) is 6.58 Å². The van der Waals surface area contributed by atoms with Crippen molar-refractivity contribution in [3.63, 3.8) is 0 Å². The minimum atomic E-state index is -3.90. The molecule has 8 heteroatoms. The van der Waals surface area contributed by atoms with Crippen LogP contribution in [0.1, 0.15) is 10.4 Å². The van der Waals surface area contributed by atoms with Crippen LogP contribution in [0.15, 0.2) is 29.7 Å². The van der Waals surface area contributed by atoms with Crippen molar-refractivity contribution in [2.45, 2.75) is 4.90 Å². The predicted octanol–water partition coefficient (Wildman–Crippen LogP) is 2.50. The molecule has 1 aromatic rings. The van der Waals surface area contributed by atoms with Crippen LogP contribution in [0.5, 0.6) is 0 Å². The van der Waals surface area contributed by atoms with Crippen LogP contribution in [0.3, 0.4) is 0 Å². The van der Waals surface area contributed by atoms with Crippen molar-refractivity contribution in [2.75, 3.05) is 13.6 Å². The zero-order chi connectivity index (χ0) is 14.8. The number of hydrogen-bond donors (Lipinski definition) is 1. The molecule has 0 amide bonds. The van der Waals surface area contributed by atoms with Gasteiger partial charge in [0, 0.05) is 13.6 Å². The Morgan fingerprint density at radius 2 is 2.05 bits per heavy atom. The van der Waals surface area contributed by atoms with E-state index in [1.165, 1.54) is 25.3 Å². The summed E-state index contributed by atoms with van der Waals surface area (Å²) < 4.78 is 25.4. The summed E-state index contributed by atoms with van der Waals surface area (Å²) in [7, 11) is -2.56. The fraction of sp³-hybridized carbons (Fsp3) is 0.182. The van der Waals surface area contributed by atoms with Crippen LogP contribution in [0, 0.1) is 0 Å². The molecule has 0 aliphatic carbocycles. The highest BCUT2D eigenvalue weighted by molar-refractivity contribution is 7.89. The molecule has 0 unspecified atom stereocenters. The second-order valence-corrected chi connectivity index (χ2v) is 6.41. The third kappa shape index (κ3) is 3.09. The third-order valence-electron chi connectivity index (χ3n) is 2.34. The Labute approximate surface area is 121 Å². The monoisotopic (exact) mass is 323 g/mol. The van der Waals surface area contributed by atoms with E-state index in [0.717, 1.165) is 4.31 Å². The summed E-state index contributed by atoms with van der Waals surface area (Å²) >= 11 is 11.5. The van der Waals surface area contributed by atoms with Crippen molar-refractivity contribution in [3.8, 4) is 0 Å². The largest absolute Gasteiger partial charge is 0.478 e. The fourth-order valence-corrected chi connectivity index (χ4v) is 3.41. The number of nitrogens with zero attached hydrogens (tertiary/aromatic N) is 1. The van der Waals surface area contributed by atoms with Crippen LogP contribution in [0.2, 0.25) is 10.0 Å². The zero-order valence-corrected chi connectivity index (χ0v) is 12.3. The molecular formula is C11H11Cl2NO4S. The van der Waals surface area contributed by atoms with Gasteiger partial charge in [0.1, 0.15) is 4.90 Å². The van der Waals surface area contributed by atoms with Gasteiger partial charge in [-0.25, -0.2) is 13.2 Å². The predicted molar refractivity (Wildman–Crippen MR) is 73.4 cm³/mol. The molecule has 0 fully saturated rings. The van der Waals surface area contributed by atoms with E-state index in [9.17, 15) is 13.2 Å². The summed E-state index contributed by atoms with van der Waals surface area (Å²) in [4.78, 5) is 10.7. The lowest BCUT2D eigenvalue weighted by Gasteiger charge is -2.17. The number of carboxylic acid groups (broad SMARTS) is 1. The van der Waals surface area contributed by atoms with E-state index in [4.69, 9.17) is 28.3 Å². The number of rotatable bonds is 5. The first-order chi connectivity index (χ1) is 8.73. The van der Waals surface area contributed by atoms with E-state index >= 15 is 0 Å². The minimum Gasteiger partial charge on any atom is -0.478 e. The number of carbonyl (C=O) groups is 1. The first-order valence-corrected chi connectivity index (χ1v) is 7.21. The van der Waals surface area contributed by atoms with Gasteiger partial charge in [-0.1, -0.05) is 29.3 Å². The van der Waals surface area contributed by atoms with Crippen LogP contribution >= 0.6 is 23.2 Å². The Kier molecular flexibility index (Phi) is 4.98. The standard InChI is InChI=1S/C11H11Cl2NO4S/c1-3-6-14(2)19(17,18)8-5-4-7(12)9(10(8)13)11(15)16/h3-5H,1,6H2,2H3,(H,15,16). The van der Waals surface area contributed by atoms with Gasteiger partial charge in [0.2, 0.25) is 10.0 Å². The molecule has 0 spiro atoms. The van der Waals surface area contributed by atoms with Gasteiger partial charge >= 0.3 is 5.97 Å². The summed E-state index contributed by atoms with van der Waals surface area (Å²) in [5, 5.41) is 8.46. The molecule has 5 nitrogen and oxygen atoms in total. The summed E-state index contributed by atoms with van der Waals surface area (Å²) in [5.41, 5.74) is -0.434. The Bertz CT molecular complexity index is 628. The number of likely N-dealkylation sites (N-methyl/N-ethyl adjacent to an activating group) is 1. The van der Waals surface area contributed by atoms with Crippen molar-refractivity contribution in [1.29, 1.82) is 0 Å². The molecule has 0 bridgehead atoms.